The molecular weight excluding hydrogens is 507 g/mol. The molecule has 14 heteroatoms. The fourth-order valence-electron chi connectivity index (χ4n) is 2.65. The third kappa shape index (κ3) is 7.63. The van der Waals surface area contributed by atoms with Gasteiger partial charge in [-0.15, -0.1) is 0 Å². The molecule has 0 aliphatic carbocycles. The Bertz CT molecular complexity index is 1370. The van der Waals surface area contributed by atoms with Gasteiger partial charge in [-0.2, -0.15) is 4.98 Å². The van der Waals surface area contributed by atoms with Crippen LogP contribution < -0.4 is 10.1 Å². The van der Waals surface area contributed by atoms with Gasteiger partial charge >= 0.3 is 0 Å². The van der Waals surface area contributed by atoms with Crippen molar-refractivity contribution in [3.8, 4) is 27.9 Å². The van der Waals surface area contributed by atoms with E-state index in [1.165, 1.54) is 41.3 Å². The fraction of sp³-hybridized carbons (Fsp3) is 0.174. The zero-order valence-corrected chi connectivity index (χ0v) is 20.7. The highest BCUT2D eigenvalue weighted by molar-refractivity contribution is 7.19. The maximum atomic E-state index is 13.1. The second-order valence-corrected chi connectivity index (χ2v) is 8.52. The Morgan fingerprint density at radius 2 is 1.84 bits per heavy atom. The largest absolute Gasteiger partial charge is 0.484 e. The van der Waals surface area contributed by atoms with Gasteiger partial charge in [0.05, 0.1) is 10.6 Å². The lowest BCUT2D eigenvalue weighted by Gasteiger charge is -2.05. The average molecular weight is 529 g/mol. The number of thiazole rings is 1. The Kier molecular flexibility index (Phi) is 8.94. The van der Waals surface area contributed by atoms with Gasteiger partial charge in [-0.3, -0.25) is 25.0 Å². The first-order valence-corrected chi connectivity index (χ1v) is 11.3. The standard InChI is InChI=1S/C20H14FN5O5S.C3H7NO/c1-11-17(19-24-18(25-31-19)12-2-4-13(21)5-3-12)32-20(22-11)23-16(27)10-30-15-8-6-14(7-9-15)26(28)29;1-4(2)3-5/h2-9H,10H2,1H3,(H,22,23,27);3H,1-2H3. The van der Waals surface area contributed by atoms with Gasteiger partial charge in [0, 0.05) is 31.8 Å². The molecule has 0 radical (unpaired) electrons. The number of ether oxygens (including phenoxy) is 1. The summed E-state index contributed by atoms with van der Waals surface area (Å²) in [4.78, 5) is 42.4. The number of nitrogens with zero attached hydrogens (tertiary/aromatic N) is 5. The normalized spacial score (nSPS) is 10.2. The summed E-state index contributed by atoms with van der Waals surface area (Å²) in [5.41, 5.74) is 1.10. The lowest BCUT2D eigenvalue weighted by molar-refractivity contribution is -0.384. The molecule has 2 aromatic carbocycles. The predicted octanol–water partition coefficient (Wildman–Crippen LogP) is 3.94. The Labute approximate surface area is 213 Å². The number of aryl methyl sites for hydroxylation is 1. The molecule has 4 rings (SSSR count). The van der Waals surface area contributed by atoms with Gasteiger partial charge in [0.2, 0.25) is 12.2 Å². The van der Waals surface area contributed by atoms with Crippen LogP contribution in [-0.2, 0) is 9.59 Å². The van der Waals surface area contributed by atoms with Crippen molar-refractivity contribution >= 4 is 34.5 Å². The molecule has 0 spiro atoms. The van der Waals surface area contributed by atoms with Gasteiger partial charge < -0.3 is 14.2 Å². The summed E-state index contributed by atoms with van der Waals surface area (Å²) in [6.07, 6.45) is 0.750. The minimum absolute atomic E-state index is 0.0730. The monoisotopic (exact) mass is 528 g/mol. The van der Waals surface area contributed by atoms with Crippen molar-refractivity contribution in [3.05, 3.63) is 70.2 Å². The number of anilines is 1. The van der Waals surface area contributed by atoms with Gasteiger partial charge in [0.15, 0.2) is 11.7 Å². The Balaban J connectivity index is 0.000000695. The number of carbonyl (C=O) groups excluding carboxylic acids is 2. The van der Waals surface area contributed by atoms with Crippen molar-refractivity contribution in [1.82, 2.24) is 20.0 Å². The van der Waals surface area contributed by atoms with E-state index in [2.05, 4.69) is 20.4 Å². The van der Waals surface area contributed by atoms with Gasteiger partial charge in [0.25, 0.3) is 17.5 Å². The first kappa shape index (κ1) is 26.9. The van der Waals surface area contributed by atoms with Crippen LogP contribution in [0, 0.1) is 22.9 Å². The molecule has 0 aliphatic heterocycles. The van der Waals surface area contributed by atoms with Crippen molar-refractivity contribution in [1.29, 1.82) is 0 Å². The molecule has 2 amide bonds. The van der Waals surface area contributed by atoms with E-state index in [0.717, 1.165) is 17.7 Å². The van der Waals surface area contributed by atoms with Gasteiger partial charge in [-0.05, 0) is 43.3 Å². The number of nitrogens with one attached hydrogen (secondary N) is 1. The molecule has 2 heterocycles. The molecule has 37 heavy (non-hydrogen) atoms. The van der Waals surface area contributed by atoms with Gasteiger partial charge in [0.1, 0.15) is 16.4 Å². The minimum Gasteiger partial charge on any atom is -0.484 e. The molecule has 0 saturated heterocycles. The first-order valence-electron chi connectivity index (χ1n) is 10.5. The number of aromatic nitrogens is 3. The number of hydrogen-bond donors (Lipinski definition) is 1. The molecule has 0 bridgehead atoms. The summed E-state index contributed by atoms with van der Waals surface area (Å²) < 4.78 is 23.7. The van der Waals surface area contributed by atoms with Crippen molar-refractivity contribution in [2.45, 2.75) is 6.92 Å². The fourth-order valence-corrected chi connectivity index (χ4v) is 3.55. The Morgan fingerprint density at radius 3 is 2.43 bits per heavy atom. The smallest absolute Gasteiger partial charge is 0.270 e. The van der Waals surface area contributed by atoms with E-state index in [4.69, 9.17) is 9.26 Å². The van der Waals surface area contributed by atoms with Crippen LogP contribution in [0.1, 0.15) is 5.69 Å². The van der Waals surface area contributed by atoms with Crippen molar-refractivity contribution in [2.75, 3.05) is 26.0 Å². The summed E-state index contributed by atoms with van der Waals surface area (Å²) in [5, 5.41) is 17.5. The number of nitro groups is 1. The van der Waals surface area contributed by atoms with E-state index in [1.807, 2.05) is 0 Å². The van der Waals surface area contributed by atoms with E-state index in [9.17, 15) is 24.1 Å². The molecule has 192 valence electrons. The highest BCUT2D eigenvalue weighted by atomic mass is 32.1. The molecule has 2 aromatic heterocycles. The third-order valence-electron chi connectivity index (χ3n) is 4.39. The SMILES string of the molecule is CN(C)C=O.Cc1nc(NC(=O)COc2ccc([N+](=O)[O-])cc2)sc1-c1nc(-c2ccc(F)cc2)no1. The number of non-ortho nitro benzene ring substituents is 1. The zero-order chi connectivity index (χ0) is 26.9. The van der Waals surface area contributed by atoms with E-state index < -0.39 is 10.8 Å². The van der Waals surface area contributed by atoms with Crippen molar-refractivity contribution in [2.24, 2.45) is 0 Å². The average Bonchev–Trinajstić information content (AvgIpc) is 3.50. The number of halogens is 1. The maximum Gasteiger partial charge on any atom is 0.270 e. The number of benzene rings is 2. The van der Waals surface area contributed by atoms with Gasteiger partial charge in [-0.1, -0.05) is 16.5 Å². The number of amides is 2. The van der Waals surface area contributed by atoms with Crippen LogP contribution in [0.2, 0.25) is 0 Å². The highest BCUT2D eigenvalue weighted by Crippen LogP contribution is 2.32. The Morgan fingerprint density at radius 1 is 1.19 bits per heavy atom. The van der Waals surface area contributed by atoms with E-state index in [1.54, 1.807) is 33.2 Å². The zero-order valence-electron chi connectivity index (χ0n) is 19.9. The number of rotatable bonds is 8. The van der Waals surface area contributed by atoms with E-state index >= 15 is 0 Å². The Hall–Kier alpha value is -4.72. The quantitative estimate of drug-likeness (QED) is 0.203. The number of nitro benzene ring substituents is 1. The second kappa shape index (κ2) is 12.3. The molecule has 0 fully saturated rings. The van der Waals surface area contributed by atoms with Crippen LogP contribution in [-0.4, -0.2) is 58.0 Å². The molecule has 12 nitrogen and oxygen atoms in total. The second-order valence-electron chi connectivity index (χ2n) is 7.52. The first-order chi connectivity index (χ1) is 17.7. The molecule has 0 unspecified atom stereocenters. The predicted molar refractivity (Wildman–Crippen MR) is 133 cm³/mol. The molecule has 1 N–H and O–H groups in total. The van der Waals surface area contributed by atoms with Crippen LogP contribution >= 0.6 is 11.3 Å². The summed E-state index contributed by atoms with van der Waals surface area (Å²) in [6.45, 7) is 1.43. The molecular formula is C23H21FN6O6S. The maximum absolute atomic E-state index is 13.1. The van der Waals surface area contributed by atoms with Crippen molar-refractivity contribution < 1.29 is 28.2 Å². The van der Waals surface area contributed by atoms with E-state index in [-0.39, 0.29) is 24.0 Å². The van der Waals surface area contributed by atoms with Crippen LogP contribution in [0.15, 0.2) is 53.1 Å². The highest BCUT2D eigenvalue weighted by Gasteiger charge is 2.18. The molecule has 0 atom stereocenters. The topological polar surface area (TPSA) is 154 Å². The van der Waals surface area contributed by atoms with Crippen LogP contribution in [0.4, 0.5) is 15.2 Å². The van der Waals surface area contributed by atoms with E-state index in [0.29, 0.717) is 32.8 Å². The van der Waals surface area contributed by atoms with Crippen LogP contribution in [0.3, 0.4) is 0 Å². The molecule has 4 aromatic rings. The van der Waals surface area contributed by atoms with Crippen LogP contribution in [0.5, 0.6) is 5.75 Å². The lowest BCUT2D eigenvalue weighted by Crippen LogP contribution is -2.20. The minimum atomic E-state index is -0.523. The lowest BCUT2D eigenvalue weighted by atomic mass is 10.2. The summed E-state index contributed by atoms with van der Waals surface area (Å²) in [6, 6.07) is 11.1. The summed E-state index contributed by atoms with van der Waals surface area (Å²) in [5.74, 6) is 0.0210. The molecule has 0 saturated carbocycles. The van der Waals surface area contributed by atoms with Gasteiger partial charge in [-0.25, -0.2) is 9.37 Å². The van der Waals surface area contributed by atoms with Crippen LogP contribution in [0.25, 0.3) is 22.2 Å². The summed E-state index contributed by atoms with van der Waals surface area (Å²) in [7, 11) is 3.38. The summed E-state index contributed by atoms with van der Waals surface area (Å²) >= 11 is 1.15. The number of hydrogen-bond acceptors (Lipinski definition) is 10. The third-order valence-corrected chi connectivity index (χ3v) is 5.45. The molecule has 0 aliphatic rings. The van der Waals surface area contributed by atoms with Crippen molar-refractivity contribution in [3.63, 3.8) is 0 Å². The number of carbonyl (C=O) groups is 2.